The first kappa shape index (κ1) is 18.1. The molecule has 0 amide bonds. The van der Waals surface area contributed by atoms with Crippen LogP contribution in [-0.2, 0) is 4.74 Å². The van der Waals surface area contributed by atoms with Crippen LogP contribution in [0.3, 0.4) is 0 Å². The fraction of sp³-hybridized carbons (Fsp3) is 0.500. The first-order valence-corrected chi connectivity index (χ1v) is 7.08. The lowest BCUT2D eigenvalue weighted by Crippen LogP contribution is -2.59. The molecular formula is C14H17N2O8-. The van der Waals surface area contributed by atoms with Gasteiger partial charge >= 0.3 is 0 Å². The lowest BCUT2D eigenvalue weighted by atomic mass is 9.97. The number of hydrogen-bond donors (Lipinski definition) is 3. The molecular weight excluding hydrogens is 324 g/mol. The second-order valence-corrected chi connectivity index (χ2v) is 5.21. The Hall–Kier alpha value is -2.27. The Morgan fingerprint density at radius 3 is 2.46 bits per heavy atom. The topological polar surface area (TPSA) is 158 Å². The van der Waals surface area contributed by atoms with Gasteiger partial charge in [0.25, 0.3) is 5.69 Å². The summed E-state index contributed by atoms with van der Waals surface area (Å²) in [5.74, 6) is -0.427. The van der Waals surface area contributed by atoms with Crippen LogP contribution >= 0.6 is 0 Å². The van der Waals surface area contributed by atoms with Gasteiger partial charge in [0.1, 0.15) is 30.1 Å². The van der Waals surface area contributed by atoms with E-state index in [9.17, 15) is 30.5 Å². The number of non-ortho nitro benzene ring substituents is 1. The molecule has 1 saturated heterocycles. The molecule has 0 radical (unpaired) electrons. The van der Waals surface area contributed by atoms with Crippen LogP contribution in [0.25, 0.3) is 0 Å². The van der Waals surface area contributed by atoms with Gasteiger partial charge in [-0.25, -0.2) is 0 Å². The lowest BCUT2D eigenvalue weighted by Gasteiger charge is -2.40. The van der Waals surface area contributed by atoms with Crippen molar-refractivity contribution in [3.8, 4) is 5.75 Å². The molecule has 10 heteroatoms. The number of benzene rings is 1. The third-order valence-electron chi connectivity index (χ3n) is 3.48. The van der Waals surface area contributed by atoms with Crippen molar-refractivity contribution in [2.24, 2.45) is 4.99 Å². The van der Waals surface area contributed by atoms with Gasteiger partial charge in [0.2, 0.25) is 6.29 Å². The van der Waals surface area contributed by atoms with E-state index in [1.807, 2.05) is 0 Å². The van der Waals surface area contributed by atoms with Crippen molar-refractivity contribution in [1.82, 2.24) is 0 Å². The average Bonchev–Trinajstić information content (AvgIpc) is 2.54. The number of aliphatic imine (C=N–C) groups is 1. The summed E-state index contributed by atoms with van der Waals surface area (Å²) < 4.78 is 10.8. The van der Waals surface area contributed by atoms with E-state index in [1.165, 1.54) is 31.2 Å². The number of nitro groups is 1. The van der Waals surface area contributed by atoms with Crippen molar-refractivity contribution in [2.45, 2.75) is 37.6 Å². The molecule has 1 aromatic carbocycles. The summed E-state index contributed by atoms with van der Waals surface area (Å²) in [5, 5.41) is 51.0. The molecule has 1 fully saturated rings. The molecule has 0 spiro atoms. The molecule has 2 rings (SSSR count). The Morgan fingerprint density at radius 2 is 1.96 bits per heavy atom. The molecule has 0 unspecified atom stereocenters. The van der Waals surface area contributed by atoms with Crippen LogP contribution in [-0.4, -0.2) is 63.4 Å². The number of ether oxygens (including phenoxy) is 2. The van der Waals surface area contributed by atoms with Gasteiger partial charge in [0.15, 0.2) is 0 Å². The number of aliphatic hydroxyl groups is 3. The molecule has 1 aliphatic rings. The highest BCUT2D eigenvalue weighted by Crippen LogP contribution is 2.27. The Balaban J connectivity index is 2.22. The first-order chi connectivity index (χ1) is 11.3. The Bertz CT molecular complexity index is 601. The number of nitro benzene ring substituents is 1. The van der Waals surface area contributed by atoms with Crippen molar-refractivity contribution in [1.29, 1.82) is 0 Å². The molecule has 132 valence electrons. The maximum absolute atomic E-state index is 11.2. The average molecular weight is 341 g/mol. The van der Waals surface area contributed by atoms with Crippen LogP contribution < -0.4 is 9.84 Å². The normalized spacial score (nSPS) is 30.8. The molecule has 10 nitrogen and oxygen atoms in total. The largest absolute Gasteiger partial charge is 0.862 e. The SMILES string of the molecule is CC([O-])=N[C@H]1[C@H](Oc2ccc([N+](=O)[O-])cc2)O[C@H](CO)[C@H](O)[C@@H]1O. The van der Waals surface area contributed by atoms with E-state index in [0.29, 0.717) is 0 Å². The van der Waals surface area contributed by atoms with Gasteiger partial charge in [-0.1, -0.05) is 0 Å². The highest BCUT2D eigenvalue weighted by molar-refractivity contribution is 5.68. The van der Waals surface area contributed by atoms with Gasteiger partial charge in [-0.05, 0) is 25.0 Å². The molecule has 0 bridgehead atoms. The second-order valence-electron chi connectivity index (χ2n) is 5.21. The summed E-state index contributed by atoms with van der Waals surface area (Å²) >= 11 is 0. The summed E-state index contributed by atoms with van der Waals surface area (Å²) in [6.45, 7) is 0.589. The monoisotopic (exact) mass is 341 g/mol. The minimum absolute atomic E-state index is 0.138. The van der Waals surface area contributed by atoms with E-state index in [4.69, 9.17) is 9.47 Å². The summed E-state index contributed by atoms with van der Waals surface area (Å²) in [7, 11) is 0. The Morgan fingerprint density at radius 1 is 1.33 bits per heavy atom. The maximum atomic E-state index is 11.2. The predicted octanol–water partition coefficient (Wildman–Crippen LogP) is -1.44. The van der Waals surface area contributed by atoms with E-state index >= 15 is 0 Å². The van der Waals surface area contributed by atoms with Crippen LogP contribution in [0.5, 0.6) is 5.75 Å². The molecule has 0 aromatic heterocycles. The van der Waals surface area contributed by atoms with Gasteiger partial charge in [0, 0.05) is 12.1 Å². The number of nitrogens with zero attached hydrogens (tertiary/aromatic N) is 2. The van der Waals surface area contributed by atoms with E-state index in [0.717, 1.165) is 0 Å². The van der Waals surface area contributed by atoms with Gasteiger partial charge in [0.05, 0.1) is 11.5 Å². The number of aliphatic hydroxyl groups excluding tert-OH is 3. The van der Waals surface area contributed by atoms with Crippen molar-refractivity contribution >= 4 is 11.6 Å². The van der Waals surface area contributed by atoms with Crippen molar-refractivity contribution in [2.75, 3.05) is 6.61 Å². The van der Waals surface area contributed by atoms with Crippen LogP contribution in [0.2, 0.25) is 0 Å². The Labute approximate surface area is 136 Å². The first-order valence-electron chi connectivity index (χ1n) is 7.08. The van der Waals surface area contributed by atoms with Crippen molar-refractivity contribution in [3.05, 3.63) is 34.4 Å². The fourth-order valence-electron chi connectivity index (χ4n) is 2.29. The molecule has 1 aromatic rings. The summed E-state index contributed by atoms with van der Waals surface area (Å²) in [6, 6.07) is 3.85. The summed E-state index contributed by atoms with van der Waals surface area (Å²) in [4.78, 5) is 13.7. The standard InChI is InChI=1S/C14H18N2O8/c1-7(18)15-11-13(20)12(19)10(6-17)24-14(11)23-9-4-2-8(3-5-9)16(21)22/h2-5,10-14,17,19-20H,6H2,1H3,(H,15,18)/p-1/t10-,11-,12+,13-,14-/m1/s1. The molecule has 0 saturated carbocycles. The zero-order chi connectivity index (χ0) is 17.9. The van der Waals surface area contributed by atoms with Gasteiger partial charge < -0.3 is 29.9 Å². The molecule has 24 heavy (non-hydrogen) atoms. The highest BCUT2D eigenvalue weighted by atomic mass is 16.7. The van der Waals surface area contributed by atoms with Crippen LogP contribution in [0.15, 0.2) is 29.3 Å². The molecule has 3 N–H and O–H groups in total. The number of hydrogen-bond acceptors (Lipinski definition) is 9. The quantitative estimate of drug-likeness (QED) is 0.254. The maximum Gasteiger partial charge on any atom is 0.269 e. The molecule has 0 aliphatic carbocycles. The molecule has 1 heterocycles. The lowest BCUT2D eigenvalue weighted by molar-refractivity contribution is -0.384. The van der Waals surface area contributed by atoms with Crippen LogP contribution in [0.1, 0.15) is 6.92 Å². The van der Waals surface area contributed by atoms with Crippen LogP contribution in [0.4, 0.5) is 5.69 Å². The van der Waals surface area contributed by atoms with Gasteiger partial charge in [-0.3, -0.25) is 15.1 Å². The summed E-state index contributed by atoms with van der Waals surface area (Å²) in [6.07, 6.45) is -5.31. The van der Waals surface area contributed by atoms with E-state index < -0.39 is 48.1 Å². The minimum atomic E-state index is -1.48. The number of rotatable bonds is 5. The minimum Gasteiger partial charge on any atom is -0.862 e. The highest BCUT2D eigenvalue weighted by Gasteiger charge is 2.45. The van der Waals surface area contributed by atoms with E-state index in [2.05, 4.69) is 4.99 Å². The molecule has 1 aliphatic heterocycles. The van der Waals surface area contributed by atoms with E-state index in [1.54, 1.807) is 0 Å². The smallest absolute Gasteiger partial charge is 0.269 e. The van der Waals surface area contributed by atoms with Gasteiger partial charge in [-0.2, -0.15) is 0 Å². The predicted molar refractivity (Wildman–Crippen MR) is 78.4 cm³/mol. The third-order valence-corrected chi connectivity index (χ3v) is 3.48. The summed E-state index contributed by atoms with van der Waals surface area (Å²) in [5.41, 5.74) is -0.138. The molecule has 5 atom stereocenters. The fourth-order valence-corrected chi connectivity index (χ4v) is 2.29. The van der Waals surface area contributed by atoms with Gasteiger partial charge in [-0.15, -0.1) is 0 Å². The third kappa shape index (κ3) is 3.97. The Kier molecular flexibility index (Phi) is 5.67. The van der Waals surface area contributed by atoms with E-state index in [-0.39, 0.29) is 11.4 Å². The zero-order valence-corrected chi connectivity index (χ0v) is 12.7. The zero-order valence-electron chi connectivity index (χ0n) is 12.7. The second kappa shape index (κ2) is 7.53. The van der Waals surface area contributed by atoms with Crippen molar-refractivity contribution < 1.29 is 34.8 Å². The van der Waals surface area contributed by atoms with Crippen LogP contribution in [0, 0.1) is 10.1 Å². The van der Waals surface area contributed by atoms with Crippen molar-refractivity contribution in [3.63, 3.8) is 0 Å².